The van der Waals surface area contributed by atoms with Crippen molar-refractivity contribution in [3.63, 3.8) is 0 Å². The molecule has 0 saturated heterocycles. The van der Waals surface area contributed by atoms with Crippen LogP contribution in [0.3, 0.4) is 0 Å². The summed E-state index contributed by atoms with van der Waals surface area (Å²) in [5, 5.41) is 18.7. The lowest BCUT2D eigenvalue weighted by Gasteiger charge is -2.40. The fourth-order valence-corrected chi connectivity index (χ4v) is 3.02. The van der Waals surface area contributed by atoms with Gasteiger partial charge in [-0.3, -0.25) is 9.59 Å². The van der Waals surface area contributed by atoms with Crippen molar-refractivity contribution in [1.29, 1.82) is 0 Å². The maximum Gasteiger partial charge on any atom is 0.321 e. The Kier molecular flexibility index (Phi) is 3.42. The molecule has 0 aliphatic heterocycles. The van der Waals surface area contributed by atoms with Gasteiger partial charge >= 0.3 is 11.9 Å². The van der Waals surface area contributed by atoms with Crippen molar-refractivity contribution in [3.05, 3.63) is 42.0 Å². The molecule has 1 aromatic carbocycles. The summed E-state index contributed by atoms with van der Waals surface area (Å²) in [5.74, 6) is -2.53. The van der Waals surface area contributed by atoms with Gasteiger partial charge in [-0.05, 0) is 29.4 Å². The van der Waals surface area contributed by atoms with Gasteiger partial charge in [0.05, 0.1) is 0 Å². The van der Waals surface area contributed by atoms with Crippen LogP contribution in [-0.4, -0.2) is 22.2 Å². The van der Waals surface area contributed by atoms with Crippen molar-refractivity contribution in [2.45, 2.75) is 26.7 Å². The van der Waals surface area contributed by atoms with E-state index in [1.807, 2.05) is 44.2 Å². The highest BCUT2D eigenvalue weighted by atomic mass is 16.4. The minimum absolute atomic E-state index is 0.0192. The van der Waals surface area contributed by atoms with Crippen LogP contribution in [0, 0.1) is 10.8 Å². The third-order valence-electron chi connectivity index (χ3n) is 4.03. The molecule has 4 nitrogen and oxygen atoms in total. The van der Waals surface area contributed by atoms with Crippen LogP contribution in [0.2, 0.25) is 0 Å². The first-order valence-corrected chi connectivity index (χ1v) is 6.52. The Labute approximate surface area is 117 Å². The van der Waals surface area contributed by atoms with E-state index < -0.39 is 22.8 Å². The van der Waals surface area contributed by atoms with Crippen LogP contribution in [0.4, 0.5) is 0 Å². The molecule has 20 heavy (non-hydrogen) atoms. The second-order valence-corrected chi connectivity index (χ2v) is 5.94. The lowest BCUT2D eigenvalue weighted by Crippen LogP contribution is -2.45. The lowest BCUT2D eigenvalue weighted by atomic mass is 9.62. The van der Waals surface area contributed by atoms with Crippen molar-refractivity contribution < 1.29 is 19.8 Å². The van der Waals surface area contributed by atoms with Crippen LogP contribution in [0.25, 0.3) is 5.57 Å². The molecule has 0 amide bonds. The number of allylic oxidation sites excluding steroid dienone is 2. The predicted octanol–water partition coefficient (Wildman–Crippen LogP) is 3.05. The molecule has 106 valence electrons. The van der Waals surface area contributed by atoms with Crippen molar-refractivity contribution >= 4 is 17.5 Å². The van der Waals surface area contributed by atoms with Gasteiger partial charge in [0.25, 0.3) is 0 Å². The molecule has 0 saturated carbocycles. The van der Waals surface area contributed by atoms with Crippen LogP contribution in [0.1, 0.15) is 32.3 Å². The lowest BCUT2D eigenvalue weighted by molar-refractivity contribution is -0.166. The molecule has 0 spiro atoms. The van der Waals surface area contributed by atoms with Gasteiger partial charge in [-0.15, -0.1) is 0 Å². The molecule has 1 aliphatic carbocycles. The Balaban J connectivity index is 2.48. The van der Waals surface area contributed by atoms with E-state index in [1.54, 1.807) is 6.08 Å². The Morgan fingerprint density at radius 1 is 1.05 bits per heavy atom. The first-order valence-electron chi connectivity index (χ1n) is 6.52. The summed E-state index contributed by atoms with van der Waals surface area (Å²) in [4.78, 5) is 22.9. The third kappa shape index (κ3) is 2.22. The molecule has 0 unspecified atom stereocenters. The molecule has 0 aromatic heterocycles. The van der Waals surface area contributed by atoms with Crippen molar-refractivity contribution in [2.75, 3.05) is 0 Å². The van der Waals surface area contributed by atoms with Gasteiger partial charge in [-0.1, -0.05) is 50.3 Å². The monoisotopic (exact) mass is 274 g/mol. The second kappa shape index (κ2) is 4.78. The summed E-state index contributed by atoms with van der Waals surface area (Å²) in [7, 11) is 0. The van der Waals surface area contributed by atoms with E-state index in [2.05, 4.69) is 0 Å². The van der Waals surface area contributed by atoms with E-state index in [4.69, 9.17) is 0 Å². The molecule has 1 aromatic rings. The van der Waals surface area contributed by atoms with Crippen LogP contribution < -0.4 is 0 Å². The summed E-state index contributed by atoms with van der Waals surface area (Å²) in [5.41, 5.74) is -0.198. The molecule has 0 heterocycles. The number of hydrogen-bond acceptors (Lipinski definition) is 2. The Morgan fingerprint density at radius 2 is 1.60 bits per heavy atom. The van der Waals surface area contributed by atoms with Crippen molar-refractivity contribution in [3.8, 4) is 0 Å². The molecule has 2 N–H and O–H groups in total. The Bertz CT molecular complexity index is 555. The van der Waals surface area contributed by atoms with Crippen molar-refractivity contribution in [1.82, 2.24) is 0 Å². The molecular weight excluding hydrogens is 256 g/mol. The zero-order valence-electron chi connectivity index (χ0n) is 11.6. The molecule has 4 heteroatoms. The smallest absolute Gasteiger partial charge is 0.321 e. The number of benzene rings is 1. The zero-order chi connectivity index (χ0) is 15.0. The number of rotatable bonds is 3. The van der Waals surface area contributed by atoms with E-state index in [0.717, 1.165) is 11.1 Å². The topological polar surface area (TPSA) is 74.6 Å². The van der Waals surface area contributed by atoms with Crippen LogP contribution in [0.5, 0.6) is 0 Å². The Hall–Kier alpha value is -2.10. The van der Waals surface area contributed by atoms with Gasteiger partial charge in [0.15, 0.2) is 5.41 Å². The SMILES string of the molecule is CC1(C)CC(C(=O)O)(C(=O)O)CC=C1c1ccccc1. The molecule has 0 atom stereocenters. The van der Waals surface area contributed by atoms with E-state index in [9.17, 15) is 19.8 Å². The van der Waals surface area contributed by atoms with Gasteiger partial charge in [-0.2, -0.15) is 0 Å². The van der Waals surface area contributed by atoms with E-state index in [0.29, 0.717) is 0 Å². The fourth-order valence-electron chi connectivity index (χ4n) is 3.02. The number of carbonyl (C=O) groups is 2. The molecular formula is C16H18O4. The van der Waals surface area contributed by atoms with Gasteiger partial charge in [0, 0.05) is 0 Å². The molecule has 1 aliphatic rings. The van der Waals surface area contributed by atoms with E-state index in [-0.39, 0.29) is 12.8 Å². The average Bonchev–Trinajstić information content (AvgIpc) is 2.37. The highest BCUT2D eigenvalue weighted by Crippen LogP contribution is 2.50. The van der Waals surface area contributed by atoms with Crippen LogP contribution in [0.15, 0.2) is 36.4 Å². The molecule has 0 fully saturated rings. The Morgan fingerprint density at radius 3 is 2.05 bits per heavy atom. The minimum Gasteiger partial charge on any atom is -0.480 e. The summed E-state index contributed by atoms with van der Waals surface area (Å²) in [6.45, 7) is 3.79. The minimum atomic E-state index is -1.72. The number of carboxylic acid groups (broad SMARTS) is 2. The van der Waals surface area contributed by atoms with Crippen molar-refractivity contribution in [2.24, 2.45) is 10.8 Å². The number of aliphatic carboxylic acids is 2. The number of hydrogen-bond donors (Lipinski definition) is 2. The molecule has 0 radical (unpaired) electrons. The zero-order valence-corrected chi connectivity index (χ0v) is 11.6. The summed E-state index contributed by atoms with van der Waals surface area (Å²) < 4.78 is 0. The summed E-state index contributed by atoms with van der Waals surface area (Å²) in [6, 6.07) is 9.67. The van der Waals surface area contributed by atoms with Crippen LogP contribution in [-0.2, 0) is 9.59 Å². The highest BCUT2D eigenvalue weighted by molar-refractivity contribution is 5.99. The van der Waals surface area contributed by atoms with E-state index in [1.165, 1.54) is 0 Å². The highest BCUT2D eigenvalue weighted by Gasteiger charge is 2.52. The van der Waals surface area contributed by atoms with Gasteiger partial charge in [-0.25, -0.2) is 0 Å². The third-order valence-corrected chi connectivity index (χ3v) is 4.03. The summed E-state index contributed by atoms with van der Waals surface area (Å²) in [6.07, 6.45) is 1.87. The maximum atomic E-state index is 11.4. The predicted molar refractivity (Wildman–Crippen MR) is 75.1 cm³/mol. The molecule has 2 rings (SSSR count). The van der Waals surface area contributed by atoms with Gasteiger partial charge < -0.3 is 10.2 Å². The average molecular weight is 274 g/mol. The van der Waals surface area contributed by atoms with Crippen LogP contribution >= 0.6 is 0 Å². The van der Waals surface area contributed by atoms with Gasteiger partial charge in [0.2, 0.25) is 0 Å². The quantitative estimate of drug-likeness (QED) is 0.831. The maximum absolute atomic E-state index is 11.4. The fraction of sp³-hybridized carbons (Fsp3) is 0.375. The number of carboxylic acids is 2. The van der Waals surface area contributed by atoms with E-state index >= 15 is 0 Å². The molecule has 0 bridgehead atoms. The second-order valence-electron chi connectivity index (χ2n) is 5.94. The largest absolute Gasteiger partial charge is 0.480 e. The van der Waals surface area contributed by atoms with Gasteiger partial charge in [0.1, 0.15) is 0 Å². The normalized spacial score (nSPS) is 20.0. The first kappa shape index (κ1) is 14.3. The first-order chi connectivity index (χ1) is 9.29. The standard InChI is InChI=1S/C16H18O4/c1-15(2)10-16(13(17)18,14(19)20)9-8-12(15)11-6-4-3-5-7-11/h3-8H,9-10H2,1-2H3,(H,17,18)(H,19,20). The summed E-state index contributed by atoms with van der Waals surface area (Å²) >= 11 is 0.